The van der Waals surface area contributed by atoms with Gasteiger partial charge in [-0.25, -0.2) is 4.98 Å². The highest BCUT2D eigenvalue weighted by molar-refractivity contribution is 7.18. The molecule has 244 valence electrons. The second-order valence-electron chi connectivity index (χ2n) is 14.5. The number of nitrogens with one attached hydrogen (secondary N) is 1. The van der Waals surface area contributed by atoms with Crippen molar-refractivity contribution in [2.24, 2.45) is 5.92 Å². The van der Waals surface area contributed by atoms with Crippen molar-refractivity contribution in [3.05, 3.63) is 133 Å². The lowest BCUT2D eigenvalue weighted by Crippen LogP contribution is -2.55. The van der Waals surface area contributed by atoms with Crippen molar-refractivity contribution >= 4 is 17.3 Å². The number of hydrogen-bond acceptors (Lipinski definition) is 4. The molecule has 0 spiro atoms. The first-order valence-electron chi connectivity index (χ1n) is 18.3. The quantitative estimate of drug-likeness (QED) is 0.200. The number of rotatable bonds is 5. The molecule has 49 heavy (non-hydrogen) atoms. The Bertz CT molecular complexity index is 2070. The van der Waals surface area contributed by atoms with Crippen molar-refractivity contribution in [2.75, 3.05) is 4.90 Å². The van der Waals surface area contributed by atoms with Gasteiger partial charge < -0.3 is 9.47 Å². The Morgan fingerprint density at radius 2 is 1.18 bits per heavy atom. The molecule has 6 unspecified atom stereocenters. The van der Waals surface area contributed by atoms with Gasteiger partial charge in [0.05, 0.1) is 17.6 Å². The summed E-state index contributed by atoms with van der Waals surface area (Å²) in [6.07, 6.45) is 9.08. The standard InChI is InChI=1S/C44H42N4S/c1-4-13-30(14-5-1)38-27-28-39(49-38)31-25-23-29(24-26-31)34-19-12-22-37-40(34)43-45-35-20-10-11-21-36(35)48(43)44-46-41(32-15-6-2-7-16-32)42(47(37)44)33-17-8-3-9-18-33/h1-9,13-18,23-28,34-37,40,43,45H,10-12,19-22H2. The summed E-state index contributed by atoms with van der Waals surface area (Å²) >= 11 is 1.89. The third-order valence-corrected chi connectivity index (χ3v) is 13.1. The zero-order valence-corrected chi connectivity index (χ0v) is 28.6. The van der Waals surface area contributed by atoms with Crippen LogP contribution in [0.5, 0.6) is 0 Å². The van der Waals surface area contributed by atoms with Gasteiger partial charge in [-0.2, -0.15) is 0 Å². The van der Waals surface area contributed by atoms with Crippen LogP contribution in [-0.4, -0.2) is 27.8 Å². The number of fused-ring (bicyclic) bond motifs is 8. The van der Waals surface area contributed by atoms with Crippen molar-refractivity contribution in [3.63, 3.8) is 0 Å². The first kappa shape index (κ1) is 29.5. The van der Waals surface area contributed by atoms with Crippen LogP contribution >= 0.6 is 11.3 Å². The lowest BCUT2D eigenvalue weighted by Gasteiger charge is -2.50. The van der Waals surface area contributed by atoms with Gasteiger partial charge in [-0.05, 0) is 60.4 Å². The lowest BCUT2D eigenvalue weighted by atomic mass is 9.69. The SMILES string of the molecule is c1ccc(-c2ccc(-c3ccc(C4CCCC5C4C4NC6CCCCC6N4c4nc(-c6ccccc6)c(-c6ccccc6)n45)cc3)s2)cc1. The fourth-order valence-electron chi connectivity index (χ4n) is 9.77. The van der Waals surface area contributed by atoms with Crippen molar-refractivity contribution in [1.29, 1.82) is 0 Å². The number of imidazole rings is 1. The van der Waals surface area contributed by atoms with Crippen LogP contribution in [0.25, 0.3) is 43.4 Å². The number of benzene rings is 4. The highest BCUT2D eigenvalue weighted by Gasteiger charge is 2.55. The molecule has 1 saturated heterocycles. The van der Waals surface area contributed by atoms with Crippen LogP contribution in [0.4, 0.5) is 5.95 Å². The molecule has 4 nitrogen and oxygen atoms in total. The number of nitrogens with zero attached hydrogens (tertiary/aromatic N) is 3. The first-order valence-corrected chi connectivity index (χ1v) is 19.2. The molecule has 2 aliphatic heterocycles. The zero-order valence-electron chi connectivity index (χ0n) is 27.8. The summed E-state index contributed by atoms with van der Waals surface area (Å²) in [4.78, 5) is 11.1. The minimum Gasteiger partial charge on any atom is -0.322 e. The molecule has 2 aliphatic carbocycles. The topological polar surface area (TPSA) is 33.1 Å². The summed E-state index contributed by atoms with van der Waals surface area (Å²) in [7, 11) is 0. The van der Waals surface area contributed by atoms with Gasteiger partial charge in [-0.15, -0.1) is 11.3 Å². The van der Waals surface area contributed by atoms with Gasteiger partial charge in [-0.1, -0.05) is 135 Å². The van der Waals surface area contributed by atoms with E-state index in [-0.39, 0.29) is 0 Å². The highest BCUT2D eigenvalue weighted by Crippen LogP contribution is 2.56. The van der Waals surface area contributed by atoms with Gasteiger partial charge in [0.1, 0.15) is 0 Å². The van der Waals surface area contributed by atoms with Crippen LogP contribution in [0, 0.1) is 5.92 Å². The largest absolute Gasteiger partial charge is 0.322 e. The van der Waals surface area contributed by atoms with Gasteiger partial charge in [0.25, 0.3) is 0 Å². The van der Waals surface area contributed by atoms with Crippen molar-refractivity contribution in [1.82, 2.24) is 14.9 Å². The summed E-state index contributed by atoms with van der Waals surface area (Å²) in [5.41, 5.74) is 8.98. The molecule has 0 radical (unpaired) electrons. The van der Waals surface area contributed by atoms with E-state index in [4.69, 9.17) is 4.98 Å². The van der Waals surface area contributed by atoms with Crippen molar-refractivity contribution in [2.45, 2.75) is 75.2 Å². The van der Waals surface area contributed by atoms with Crippen LogP contribution in [-0.2, 0) is 0 Å². The van der Waals surface area contributed by atoms with Crippen LogP contribution in [0.15, 0.2) is 127 Å². The number of thiophene rings is 1. The predicted molar refractivity (Wildman–Crippen MR) is 203 cm³/mol. The fraction of sp³-hybridized carbons (Fsp3) is 0.295. The van der Waals surface area contributed by atoms with E-state index in [1.807, 2.05) is 11.3 Å². The van der Waals surface area contributed by atoms with Gasteiger partial charge in [0, 0.05) is 44.9 Å². The van der Waals surface area contributed by atoms with E-state index < -0.39 is 0 Å². The molecule has 4 heterocycles. The highest BCUT2D eigenvalue weighted by atomic mass is 32.1. The maximum atomic E-state index is 5.64. The van der Waals surface area contributed by atoms with Crippen LogP contribution in [0.1, 0.15) is 62.5 Å². The molecule has 0 amide bonds. The van der Waals surface area contributed by atoms with Crippen LogP contribution in [0.3, 0.4) is 0 Å². The first-order chi connectivity index (χ1) is 24.3. The predicted octanol–water partition coefficient (Wildman–Crippen LogP) is 10.8. The summed E-state index contributed by atoms with van der Waals surface area (Å²) < 4.78 is 2.72. The number of hydrogen-bond donors (Lipinski definition) is 1. The average molecular weight is 659 g/mol. The molecule has 4 aliphatic rings. The molecule has 6 aromatic rings. The lowest BCUT2D eigenvalue weighted by molar-refractivity contribution is 0.146. The molecule has 4 aromatic carbocycles. The van der Waals surface area contributed by atoms with E-state index in [0.29, 0.717) is 36.1 Å². The third kappa shape index (κ3) is 4.93. The van der Waals surface area contributed by atoms with Crippen LogP contribution < -0.4 is 10.2 Å². The third-order valence-electron chi connectivity index (χ3n) is 11.9. The number of aromatic nitrogens is 2. The van der Waals surface area contributed by atoms with E-state index >= 15 is 0 Å². The Hall–Kier alpha value is -4.45. The van der Waals surface area contributed by atoms with E-state index in [2.05, 4.69) is 142 Å². The maximum absolute atomic E-state index is 5.64. The fourth-order valence-corrected chi connectivity index (χ4v) is 10.8. The molecule has 2 aromatic heterocycles. The molecule has 1 N–H and O–H groups in total. The molecule has 6 atom stereocenters. The van der Waals surface area contributed by atoms with Crippen LogP contribution in [0.2, 0.25) is 0 Å². The molecule has 0 bridgehead atoms. The summed E-state index contributed by atoms with van der Waals surface area (Å²) in [6, 6.07) is 48.4. The Kier molecular flexibility index (Phi) is 7.31. The molecule has 3 fully saturated rings. The van der Waals surface area contributed by atoms with Gasteiger partial charge in [0.15, 0.2) is 0 Å². The van der Waals surface area contributed by atoms with Gasteiger partial charge >= 0.3 is 0 Å². The summed E-state index contributed by atoms with van der Waals surface area (Å²) in [5, 5.41) is 4.27. The van der Waals surface area contributed by atoms with Crippen molar-refractivity contribution in [3.8, 4) is 43.4 Å². The zero-order chi connectivity index (χ0) is 32.3. The van der Waals surface area contributed by atoms with E-state index in [0.717, 1.165) is 5.69 Å². The van der Waals surface area contributed by atoms with E-state index in [9.17, 15) is 0 Å². The molecule has 2 saturated carbocycles. The normalized spacial score (nSPS) is 25.7. The van der Waals surface area contributed by atoms with E-state index in [1.165, 1.54) is 94.2 Å². The minimum absolute atomic E-state index is 0.302. The van der Waals surface area contributed by atoms with Gasteiger partial charge in [0.2, 0.25) is 5.95 Å². The molecular weight excluding hydrogens is 617 g/mol. The Labute approximate surface area is 293 Å². The smallest absolute Gasteiger partial charge is 0.208 e. The summed E-state index contributed by atoms with van der Waals surface area (Å²) in [5.74, 6) is 2.13. The van der Waals surface area contributed by atoms with Gasteiger partial charge in [-0.3, -0.25) is 5.32 Å². The summed E-state index contributed by atoms with van der Waals surface area (Å²) in [6.45, 7) is 0. The van der Waals surface area contributed by atoms with E-state index in [1.54, 1.807) is 0 Å². The molecule has 5 heteroatoms. The monoisotopic (exact) mass is 658 g/mol. The number of anilines is 1. The second-order valence-corrected chi connectivity index (χ2v) is 15.6. The second kappa shape index (κ2) is 12.2. The molecular formula is C44H42N4S. The Morgan fingerprint density at radius 1 is 0.571 bits per heavy atom. The minimum atomic E-state index is 0.302. The molecule has 10 rings (SSSR count). The average Bonchev–Trinajstić information content (AvgIpc) is 3.92. The Balaban J connectivity index is 1.08. The maximum Gasteiger partial charge on any atom is 0.208 e. The Morgan fingerprint density at radius 3 is 1.90 bits per heavy atom. The van der Waals surface area contributed by atoms with Crippen molar-refractivity contribution < 1.29 is 0 Å².